The first-order chi connectivity index (χ1) is 7.48. The van der Waals surface area contributed by atoms with Gasteiger partial charge in [0.25, 0.3) is 0 Å². The fourth-order valence-electron chi connectivity index (χ4n) is 1.26. The van der Waals surface area contributed by atoms with Crippen LogP contribution in [0.4, 0.5) is 8.78 Å². The maximum Gasteiger partial charge on any atom is 0.586 e. The lowest BCUT2D eigenvalue weighted by Gasteiger charge is -2.04. The predicted octanol–water partition coefficient (Wildman–Crippen LogP) is 2.26. The van der Waals surface area contributed by atoms with Crippen molar-refractivity contribution >= 4 is 6.08 Å². The molecule has 0 unspecified atom stereocenters. The average Bonchev–Trinajstić information content (AvgIpc) is 2.48. The van der Waals surface area contributed by atoms with Crippen molar-refractivity contribution < 1.29 is 23.2 Å². The number of para-hydroxylation sites is 1. The molecule has 84 valence electrons. The lowest BCUT2D eigenvalue weighted by molar-refractivity contribution is -0.401. The van der Waals surface area contributed by atoms with Crippen LogP contribution in [0.15, 0.2) is 24.4 Å². The topological polar surface area (TPSA) is 61.6 Å². The van der Waals surface area contributed by atoms with E-state index in [0.717, 1.165) is 6.08 Å². The summed E-state index contributed by atoms with van der Waals surface area (Å²) >= 11 is 0. The lowest BCUT2D eigenvalue weighted by Crippen LogP contribution is -2.26. The number of fused-ring (bicyclic) bond motifs is 1. The third-order valence-corrected chi connectivity index (χ3v) is 1.83. The molecule has 1 aromatic rings. The number of halogens is 2. The number of hydrogen-bond acceptors (Lipinski definition) is 4. The van der Waals surface area contributed by atoms with Crippen molar-refractivity contribution in [1.29, 1.82) is 0 Å². The number of nitrogens with zero attached hydrogens (tertiary/aromatic N) is 1. The smallest absolute Gasteiger partial charge is 0.395 e. The molecule has 1 heterocycles. The van der Waals surface area contributed by atoms with Crippen LogP contribution < -0.4 is 9.47 Å². The van der Waals surface area contributed by atoms with Gasteiger partial charge < -0.3 is 9.47 Å². The second-order valence-electron chi connectivity index (χ2n) is 2.94. The van der Waals surface area contributed by atoms with Gasteiger partial charge in [0.15, 0.2) is 11.5 Å². The van der Waals surface area contributed by atoms with Gasteiger partial charge in [0.1, 0.15) is 0 Å². The molecule has 0 spiro atoms. The molecule has 2 rings (SSSR count). The van der Waals surface area contributed by atoms with E-state index < -0.39 is 11.2 Å². The molecular formula is C9H5F2NO4. The first-order valence-electron chi connectivity index (χ1n) is 4.18. The van der Waals surface area contributed by atoms with Crippen molar-refractivity contribution in [3.63, 3.8) is 0 Å². The van der Waals surface area contributed by atoms with Crippen LogP contribution in [-0.4, -0.2) is 11.2 Å². The minimum atomic E-state index is -3.72. The Morgan fingerprint density at radius 2 is 2.12 bits per heavy atom. The molecule has 1 aromatic carbocycles. The molecular weight excluding hydrogens is 224 g/mol. The van der Waals surface area contributed by atoms with Crippen molar-refractivity contribution in [3.8, 4) is 11.5 Å². The molecule has 0 bridgehead atoms. The van der Waals surface area contributed by atoms with E-state index in [2.05, 4.69) is 9.47 Å². The second-order valence-corrected chi connectivity index (χ2v) is 2.94. The molecule has 1 aliphatic heterocycles. The van der Waals surface area contributed by atoms with E-state index in [1.165, 1.54) is 18.2 Å². The van der Waals surface area contributed by atoms with Gasteiger partial charge in [0.2, 0.25) is 6.20 Å². The van der Waals surface area contributed by atoms with Crippen LogP contribution in [0.25, 0.3) is 6.08 Å². The summed E-state index contributed by atoms with van der Waals surface area (Å²) in [6, 6.07) is 4.13. The van der Waals surface area contributed by atoms with E-state index in [1.54, 1.807) is 0 Å². The normalized spacial score (nSPS) is 16.6. The SMILES string of the molecule is O=[N+]([O-])/C=C/c1cccc2c1OC(F)(F)O2. The van der Waals surface area contributed by atoms with Crippen molar-refractivity contribution in [2.24, 2.45) is 0 Å². The summed E-state index contributed by atoms with van der Waals surface area (Å²) in [7, 11) is 0. The van der Waals surface area contributed by atoms with E-state index in [-0.39, 0.29) is 17.1 Å². The summed E-state index contributed by atoms with van der Waals surface area (Å²) in [5, 5.41) is 10.1. The summed E-state index contributed by atoms with van der Waals surface area (Å²) in [5.74, 6) is -0.346. The highest BCUT2D eigenvalue weighted by Gasteiger charge is 2.44. The molecule has 0 amide bonds. The van der Waals surface area contributed by atoms with E-state index in [0.29, 0.717) is 6.20 Å². The van der Waals surface area contributed by atoms with Gasteiger partial charge in [-0.15, -0.1) is 8.78 Å². The Balaban J connectivity index is 2.37. The third kappa shape index (κ3) is 1.92. The quantitative estimate of drug-likeness (QED) is 0.576. The fourth-order valence-corrected chi connectivity index (χ4v) is 1.26. The standard InChI is InChI=1S/C9H5F2NO4/c10-9(11)15-7-3-1-2-6(8(7)16-9)4-5-12(13)14/h1-5H/b5-4+. The van der Waals surface area contributed by atoms with Gasteiger partial charge in [0, 0.05) is 11.6 Å². The van der Waals surface area contributed by atoms with Crippen molar-refractivity contribution in [3.05, 3.63) is 40.1 Å². The second kappa shape index (κ2) is 3.44. The van der Waals surface area contributed by atoms with Crippen LogP contribution in [0.1, 0.15) is 5.56 Å². The fraction of sp³-hybridized carbons (Fsp3) is 0.111. The van der Waals surface area contributed by atoms with Gasteiger partial charge in [-0.05, 0) is 6.07 Å². The first-order valence-corrected chi connectivity index (χ1v) is 4.18. The molecule has 0 fully saturated rings. The zero-order valence-corrected chi connectivity index (χ0v) is 7.72. The lowest BCUT2D eigenvalue weighted by atomic mass is 10.2. The van der Waals surface area contributed by atoms with Gasteiger partial charge in [-0.3, -0.25) is 10.1 Å². The molecule has 5 nitrogen and oxygen atoms in total. The number of hydrogen-bond donors (Lipinski definition) is 0. The molecule has 1 aliphatic rings. The highest BCUT2D eigenvalue weighted by Crippen LogP contribution is 2.43. The van der Waals surface area contributed by atoms with E-state index >= 15 is 0 Å². The summed E-state index contributed by atoms with van der Waals surface area (Å²) in [5.41, 5.74) is 0.159. The van der Waals surface area contributed by atoms with Gasteiger partial charge in [0.05, 0.1) is 4.92 Å². The predicted molar refractivity (Wildman–Crippen MR) is 48.7 cm³/mol. The maximum absolute atomic E-state index is 12.7. The molecule has 0 atom stereocenters. The summed E-state index contributed by atoms with van der Waals surface area (Å²) in [6.07, 6.45) is -2.03. The monoisotopic (exact) mass is 229 g/mol. The number of alkyl halides is 2. The molecule has 0 N–H and O–H groups in total. The van der Waals surface area contributed by atoms with Crippen molar-refractivity contribution in [2.45, 2.75) is 6.29 Å². The largest absolute Gasteiger partial charge is 0.586 e. The Kier molecular flexibility index (Phi) is 2.22. The highest BCUT2D eigenvalue weighted by molar-refractivity contribution is 5.62. The minimum Gasteiger partial charge on any atom is -0.395 e. The molecule has 0 aromatic heterocycles. The Bertz CT molecular complexity index is 473. The van der Waals surface area contributed by atoms with Gasteiger partial charge >= 0.3 is 6.29 Å². The average molecular weight is 229 g/mol. The zero-order chi connectivity index (χ0) is 11.8. The van der Waals surface area contributed by atoms with Gasteiger partial charge in [-0.25, -0.2) is 0 Å². The van der Waals surface area contributed by atoms with Crippen LogP contribution in [0.5, 0.6) is 11.5 Å². The van der Waals surface area contributed by atoms with E-state index in [1.807, 2.05) is 0 Å². The van der Waals surface area contributed by atoms with Gasteiger partial charge in [-0.2, -0.15) is 0 Å². The highest BCUT2D eigenvalue weighted by atomic mass is 19.3. The van der Waals surface area contributed by atoms with Crippen LogP contribution in [0.3, 0.4) is 0 Å². The summed E-state index contributed by atoms with van der Waals surface area (Å²) in [4.78, 5) is 9.40. The van der Waals surface area contributed by atoms with E-state index in [4.69, 9.17) is 0 Å². The number of nitro groups is 1. The maximum atomic E-state index is 12.7. The molecule has 7 heteroatoms. The molecule has 0 saturated carbocycles. The number of ether oxygens (including phenoxy) is 2. The summed E-state index contributed by atoms with van der Waals surface area (Å²) < 4.78 is 33.8. The molecule has 0 radical (unpaired) electrons. The molecule has 16 heavy (non-hydrogen) atoms. The Morgan fingerprint density at radius 1 is 1.38 bits per heavy atom. The first kappa shape index (κ1) is 10.3. The summed E-state index contributed by atoms with van der Waals surface area (Å²) in [6.45, 7) is 0. The van der Waals surface area contributed by atoms with Crippen molar-refractivity contribution in [1.82, 2.24) is 0 Å². The zero-order valence-electron chi connectivity index (χ0n) is 7.72. The van der Waals surface area contributed by atoms with Crippen LogP contribution >= 0.6 is 0 Å². The Hall–Kier alpha value is -2.18. The van der Waals surface area contributed by atoms with Crippen LogP contribution in [0.2, 0.25) is 0 Å². The third-order valence-electron chi connectivity index (χ3n) is 1.83. The van der Waals surface area contributed by atoms with Gasteiger partial charge in [-0.1, -0.05) is 12.1 Å². The van der Waals surface area contributed by atoms with Crippen molar-refractivity contribution in [2.75, 3.05) is 0 Å². The van der Waals surface area contributed by atoms with Crippen LogP contribution in [0, 0.1) is 10.1 Å². The molecule has 0 aliphatic carbocycles. The Labute approximate surface area is 88.0 Å². The molecule has 0 saturated heterocycles. The Morgan fingerprint density at radius 3 is 2.81 bits per heavy atom. The minimum absolute atomic E-state index is 0.143. The number of benzene rings is 1. The van der Waals surface area contributed by atoms with Crippen LogP contribution in [-0.2, 0) is 0 Å². The van der Waals surface area contributed by atoms with E-state index in [9.17, 15) is 18.9 Å². The number of rotatable bonds is 2.